The number of amides is 1. The minimum Gasteiger partial charge on any atom is -0.356 e. The van der Waals surface area contributed by atoms with Gasteiger partial charge >= 0.3 is 0 Å². The Hall–Kier alpha value is -0.570. The van der Waals surface area contributed by atoms with Crippen LogP contribution in [0.15, 0.2) is 0 Å². The maximum absolute atomic E-state index is 11.6. The van der Waals surface area contributed by atoms with E-state index in [2.05, 4.69) is 31.4 Å². The van der Waals surface area contributed by atoms with Crippen LogP contribution >= 0.6 is 0 Å². The number of nitrogens with one attached hydrogen (secondary N) is 2. The van der Waals surface area contributed by atoms with Crippen molar-refractivity contribution in [2.75, 3.05) is 19.6 Å². The van der Waals surface area contributed by atoms with Gasteiger partial charge in [-0.2, -0.15) is 0 Å². The van der Waals surface area contributed by atoms with E-state index in [1.165, 1.54) is 38.5 Å². The number of hydrogen-bond donors (Lipinski definition) is 2. The van der Waals surface area contributed by atoms with Crippen molar-refractivity contribution >= 4 is 5.91 Å². The molecule has 0 fully saturated rings. The molecule has 0 aliphatic carbocycles. The van der Waals surface area contributed by atoms with E-state index in [1.807, 2.05) is 0 Å². The van der Waals surface area contributed by atoms with Crippen LogP contribution in [0.5, 0.6) is 0 Å². The number of hydrogen-bond acceptors (Lipinski definition) is 2. The highest BCUT2D eigenvalue weighted by atomic mass is 16.1. The molecule has 0 saturated heterocycles. The normalized spacial score (nSPS) is 11.0. The highest BCUT2D eigenvalue weighted by Crippen LogP contribution is 2.07. The summed E-state index contributed by atoms with van der Waals surface area (Å²) in [6.07, 6.45) is 10.4. The highest BCUT2D eigenvalue weighted by molar-refractivity contribution is 5.75. The van der Waals surface area contributed by atoms with Gasteiger partial charge in [0, 0.05) is 15.8 Å². The van der Waals surface area contributed by atoms with Crippen molar-refractivity contribution < 1.29 is 7.65 Å². The summed E-state index contributed by atoms with van der Waals surface area (Å²) in [6, 6.07) is 0. The molecule has 0 unspecified atom stereocenters. The second-order valence-corrected chi connectivity index (χ2v) is 6.11. The first kappa shape index (κ1) is 19.4. The van der Waals surface area contributed by atoms with Gasteiger partial charge in [-0.1, -0.05) is 46.5 Å². The van der Waals surface area contributed by atoms with Gasteiger partial charge < -0.3 is 10.6 Å². The lowest BCUT2D eigenvalue weighted by Crippen LogP contribution is -2.24. The summed E-state index contributed by atoms with van der Waals surface area (Å²) in [6.45, 7) is 9.66. The van der Waals surface area contributed by atoms with Crippen molar-refractivity contribution in [3.63, 3.8) is 0 Å². The molecule has 0 aliphatic rings. The third-order valence-corrected chi connectivity index (χ3v) is 3.54. The topological polar surface area (TPSA) is 41.1 Å². The number of unbranched alkanes of at least 4 members (excludes halogenated alkanes) is 5. The second-order valence-electron chi connectivity index (χ2n) is 6.11. The van der Waals surface area contributed by atoms with E-state index < -0.39 is 0 Å². The third kappa shape index (κ3) is 15.5. The lowest BCUT2D eigenvalue weighted by Gasteiger charge is -2.07. The molecule has 0 saturated carbocycles. The summed E-state index contributed by atoms with van der Waals surface area (Å²) in [5, 5.41) is 6.36. The van der Waals surface area contributed by atoms with E-state index in [9.17, 15) is 4.79 Å². The highest BCUT2D eigenvalue weighted by Gasteiger charge is 2.01. The maximum Gasteiger partial charge on any atom is 0.219 e. The van der Waals surface area contributed by atoms with Crippen LogP contribution in [-0.4, -0.2) is 25.5 Å². The molecule has 0 rings (SSSR count). The Kier molecular flexibility index (Phi) is 14.4. The number of carbonyl (C=O) groups excluding carboxylic acids is 1. The van der Waals surface area contributed by atoms with E-state index in [4.69, 9.17) is 0 Å². The molecular weight excluding hydrogens is 248 g/mol. The molecular formula is C17H40N2O. The quantitative estimate of drug-likeness (QED) is 0.466. The zero-order valence-corrected chi connectivity index (χ0v) is 14.0. The fourth-order valence-corrected chi connectivity index (χ4v) is 2.25. The minimum absolute atomic E-state index is 0. The van der Waals surface area contributed by atoms with Crippen LogP contribution < -0.4 is 10.6 Å². The van der Waals surface area contributed by atoms with E-state index in [1.54, 1.807) is 0 Å². The van der Waals surface area contributed by atoms with E-state index in [0.29, 0.717) is 6.42 Å². The van der Waals surface area contributed by atoms with Crippen molar-refractivity contribution in [2.45, 2.75) is 78.6 Å². The minimum atomic E-state index is 0. The SMILES string of the molecule is CCNCCCCCCCCC(=O)NCCCC(C)C.[HH].[HH]. The first-order valence-corrected chi connectivity index (χ1v) is 8.64. The lowest BCUT2D eigenvalue weighted by atomic mass is 10.1. The second kappa shape index (κ2) is 14.8. The molecule has 0 radical (unpaired) electrons. The van der Waals surface area contributed by atoms with Crippen LogP contribution in [0.4, 0.5) is 0 Å². The summed E-state index contributed by atoms with van der Waals surface area (Å²) >= 11 is 0. The lowest BCUT2D eigenvalue weighted by molar-refractivity contribution is -0.121. The predicted octanol–water partition coefficient (Wildman–Crippen LogP) is 4.37. The van der Waals surface area contributed by atoms with Gasteiger partial charge in [0.1, 0.15) is 0 Å². The molecule has 0 bridgehead atoms. The Morgan fingerprint density at radius 3 is 2.25 bits per heavy atom. The van der Waals surface area contributed by atoms with Crippen molar-refractivity contribution in [1.29, 1.82) is 0 Å². The monoisotopic (exact) mass is 288 g/mol. The van der Waals surface area contributed by atoms with Crippen molar-refractivity contribution in [1.82, 2.24) is 10.6 Å². The largest absolute Gasteiger partial charge is 0.356 e. The van der Waals surface area contributed by atoms with Gasteiger partial charge in [-0.3, -0.25) is 4.79 Å². The Balaban J connectivity index is -0.00000180. The number of carbonyl (C=O) groups is 1. The van der Waals surface area contributed by atoms with Gasteiger partial charge in [0.05, 0.1) is 0 Å². The molecule has 2 N–H and O–H groups in total. The molecule has 124 valence electrons. The average molecular weight is 289 g/mol. The smallest absolute Gasteiger partial charge is 0.219 e. The molecule has 3 heteroatoms. The van der Waals surface area contributed by atoms with Crippen molar-refractivity contribution in [3.8, 4) is 0 Å². The van der Waals surface area contributed by atoms with Crippen LogP contribution in [0.25, 0.3) is 0 Å². The molecule has 20 heavy (non-hydrogen) atoms. The van der Waals surface area contributed by atoms with Crippen LogP contribution in [-0.2, 0) is 4.79 Å². The Morgan fingerprint density at radius 2 is 1.60 bits per heavy atom. The number of rotatable bonds is 14. The van der Waals surface area contributed by atoms with E-state index >= 15 is 0 Å². The fourth-order valence-electron chi connectivity index (χ4n) is 2.25. The summed E-state index contributed by atoms with van der Waals surface area (Å²) in [5.41, 5.74) is 0. The fraction of sp³-hybridized carbons (Fsp3) is 0.941. The summed E-state index contributed by atoms with van der Waals surface area (Å²) in [4.78, 5) is 11.6. The summed E-state index contributed by atoms with van der Waals surface area (Å²) in [7, 11) is 0. The molecule has 0 aromatic heterocycles. The van der Waals surface area contributed by atoms with Crippen LogP contribution in [0.3, 0.4) is 0 Å². The Labute approximate surface area is 129 Å². The molecule has 0 aliphatic heterocycles. The molecule has 1 amide bonds. The first-order chi connectivity index (χ1) is 9.66. The maximum atomic E-state index is 11.6. The van der Waals surface area contributed by atoms with Crippen LogP contribution in [0, 0.1) is 5.92 Å². The molecule has 0 heterocycles. The zero-order chi connectivity index (χ0) is 15.1. The first-order valence-electron chi connectivity index (χ1n) is 8.64. The molecule has 0 atom stereocenters. The van der Waals surface area contributed by atoms with Gasteiger partial charge in [-0.05, 0) is 44.7 Å². The van der Waals surface area contributed by atoms with Gasteiger partial charge in [-0.15, -0.1) is 0 Å². The third-order valence-electron chi connectivity index (χ3n) is 3.54. The zero-order valence-electron chi connectivity index (χ0n) is 14.0. The Morgan fingerprint density at radius 1 is 0.950 bits per heavy atom. The average Bonchev–Trinajstić information content (AvgIpc) is 2.41. The van der Waals surface area contributed by atoms with Crippen LogP contribution in [0.1, 0.15) is 81.4 Å². The van der Waals surface area contributed by atoms with Crippen molar-refractivity contribution in [2.24, 2.45) is 5.92 Å². The van der Waals surface area contributed by atoms with Gasteiger partial charge in [0.15, 0.2) is 0 Å². The molecule has 3 nitrogen and oxygen atoms in total. The van der Waals surface area contributed by atoms with Crippen molar-refractivity contribution in [3.05, 3.63) is 0 Å². The molecule has 0 aromatic carbocycles. The molecule has 0 spiro atoms. The summed E-state index contributed by atoms with van der Waals surface area (Å²) in [5.74, 6) is 0.973. The standard InChI is InChI=1S/C17H36N2O.2H2/c1-4-18-14-10-8-6-5-7-9-13-17(20)19-15-11-12-16(2)3;;/h16,18H,4-15H2,1-3H3,(H,19,20);2*1H. The van der Waals surface area contributed by atoms with Crippen LogP contribution in [0.2, 0.25) is 0 Å². The Bertz CT molecular complexity index is 227. The predicted molar refractivity (Wildman–Crippen MR) is 92.2 cm³/mol. The summed E-state index contributed by atoms with van der Waals surface area (Å²) < 4.78 is 0. The van der Waals surface area contributed by atoms with Gasteiger partial charge in [0.2, 0.25) is 5.91 Å². The van der Waals surface area contributed by atoms with E-state index in [0.717, 1.165) is 38.4 Å². The van der Waals surface area contributed by atoms with Gasteiger partial charge in [0.25, 0.3) is 0 Å². The molecule has 0 aromatic rings. The van der Waals surface area contributed by atoms with Gasteiger partial charge in [-0.25, -0.2) is 0 Å². The van der Waals surface area contributed by atoms with E-state index in [-0.39, 0.29) is 8.76 Å².